The van der Waals surface area contributed by atoms with Crippen LogP contribution >= 0.6 is 0 Å². The molecule has 2 bridgehead atoms. The van der Waals surface area contributed by atoms with Crippen LogP contribution in [0.25, 0.3) is 0 Å². The number of carbonyl (C=O) groups excluding carboxylic acids is 1. The Hall–Kier alpha value is -2.95. The molecule has 5 aliphatic heterocycles. The number of nitrogens with zero attached hydrogens (tertiary/aromatic N) is 4. The highest BCUT2D eigenvalue weighted by Gasteiger charge is 2.43. The van der Waals surface area contributed by atoms with Gasteiger partial charge in [-0.15, -0.1) is 0 Å². The molecular weight excluding hydrogens is 454 g/mol. The first kappa shape index (κ1) is 22.8. The predicted octanol–water partition coefficient (Wildman–Crippen LogP) is 3.24. The molecule has 3 fully saturated rings. The minimum Gasteiger partial charge on any atom is -0.371 e. The van der Waals surface area contributed by atoms with Crippen LogP contribution in [0.15, 0.2) is 39.9 Å². The average Bonchev–Trinajstić information content (AvgIpc) is 3.05. The molecule has 1 aromatic rings. The summed E-state index contributed by atoms with van der Waals surface area (Å²) in [6.07, 6.45) is -1.90. The van der Waals surface area contributed by atoms with E-state index in [-0.39, 0.29) is 23.3 Å². The van der Waals surface area contributed by atoms with Crippen molar-refractivity contribution in [3.8, 4) is 0 Å². The lowest BCUT2D eigenvalue weighted by atomic mass is 9.98. The van der Waals surface area contributed by atoms with Crippen molar-refractivity contribution in [3.63, 3.8) is 0 Å². The van der Waals surface area contributed by atoms with Gasteiger partial charge in [-0.1, -0.05) is 12.1 Å². The van der Waals surface area contributed by atoms with E-state index in [2.05, 4.69) is 20.3 Å². The molecule has 7 nitrogen and oxygen atoms in total. The Morgan fingerprint density at radius 1 is 1.26 bits per heavy atom. The third-order valence-corrected chi connectivity index (χ3v) is 6.40. The molecule has 3 atom stereocenters. The van der Waals surface area contributed by atoms with E-state index in [4.69, 9.17) is 4.74 Å². The quantitative estimate of drug-likeness (QED) is 0.676. The number of hydrogen-bond acceptors (Lipinski definition) is 6. The number of aliphatic imine (C=N–C) groups is 1. The van der Waals surface area contributed by atoms with Crippen molar-refractivity contribution in [3.05, 3.63) is 46.8 Å². The lowest BCUT2D eigenvalue weighted by Gasteiger charge is -2.48. The first-order valence-electron chi connectivity index (χ1n) is 11.2. The van der Waals surface area contributed by atoms with Crippen molar-refractivity contribution in [1.29, 1.82) is 0 Å². The molecule has 0 spiro atoms. The summed E-state index contributed by atoms with van der Waals surface area (Å²) in [6, 6.07) is 2.04. The zero-order valence-electron chi connectivity index (χ0n) is 19.0. The number of carbonyl (C=O) groups is 1. The first-order valence-corrected chi connectivity index (χ1v) is 11.2. The fraction of sp³-hybridized carbons (Fsp3) is 0.522. The summed E-state index contributed by atoms with van der Waals surface area (Å²) >= 11 is 0. The first-order chi connectivity index (χ1) is 15.9. The summed E-state index contributed by atoms with van der Waals surface area (Å²) in [5.74, 6) is -0.952. The van der Waals surface area contributed by atoms with E-state index in [9.17, 15) is 22.4 Å². The van der Waals surface area contributed by atoms with Crippen molar-refractivity contribution >= 4 is 17.6 Å². The number of hydrogen-bond donors (Lipinski definition) is 1. The van der Waals surface area contributed by atoms with Crippen molar-refractivity contribution in [2.75, 3.05) is 19.6 Å². The number of benzene rings is 1. The number of rotatable bonds is 3. The van der Waals surface area contributed by atoms with Gasteiger partial charge >= 0.3 is 6.18 Å². The molecule has 182 valence electrons. The molecule has 0 aliphatic carbocycles. The highest BCUT2D eigenvalue weighted by atomic mass is 19.4. The molecule has 0 radical (unpaired) electrons. The van der Waals surface area contributed by atoms with Crippen LogP contribution in [0, 0.1) is 5.82 Å². The zero-order chi connectivity index (χ0) is 24.4. The van der Waals surface area contributed by atoms with Crippen LogP contribution in [-0.2, 0) is 15.7 Å². The number of hydrazone groups is 1. The lowest BCUT2D eigenvalue weighted by Crippen LogP contribution is -2.59. The second-order valence-corrected chi connectivity index (χ2v) is 9.74. The molecule has 5 heterocycles. The summed E-state index contributed by atoms with van der Waals surface area (Å²) in [4.78, 5) is 20.0. The van der Waals surface area contributed by atoms with Gasteiger partial charge in [-0.3, -0.25) is 9.79 Å². The van der Waals surface area contributed by atoms with Crippen LogP contribution in [0.2, 0.25) is 0 Å². The maximum Gasteiger partial charge on any atom is 0.419 e. The Balaban J connectivity index is 1.42. The number of amides is 1. The molecule has 1 aromatic carbocycles. The molecule has 0 aromatic heterocycles. The van der Waals surface area contributed by atoms with E-state index in [0.717, 1.165) is 12.5 Å². The Bertz CT molecular complexity index is 1110. The number of halogens is 4. The van der Waals surface area contributed by atoms with Crippen LogP contribution in [0.5, 0.6) is 0 Å². The summed E-state index contributed by atoms with van der Waals surface area (Å²) in [5.41, 5.74) is -1.84. The minimum absolute atomic E-state index is 0.140. The van der Waals surface area contributed by atoms with Gasteiger partial charge in [-0.2, -0.15) is 18.3 Å². The number of nitrogens with one attached hydrogen (secondary N) is 1. The molecule has 5 aliphatic rings. The molecule has 11 heteroatoms. The molecule has 34 heavy (non-hydrogen) atoms. The third kappa shape index (κ3) is 4.06. The van der Waals surface area contributed by atoms with E-state index in [1.54, 1.807) is 11.1 Å². The van der Waals surface area contributed by atoms with Gasteiger partial charge in [-0.05, 0) is 32.9 Å². The summed E-state index contributed by atoms with van der Waals surface area (Å²) in [6.45, 7) is 7.10. The summed E-state index contributed by atoms with van der Waals surface area (Å²) in [5, 5.41) is 9.02. The van der Waals surface area contributed by atoms with Crippen molar-refractivity contribution in [2.24, 2.45) is 10.1 Å². The topological polar surface area (TPSA) is 69.5 Å². The van der Waals surface area contributed by atoms with Crippen LogP contribution in [0.4, 0.5) is 17.6 Å². The van der Waals surface area contributed by atoms with Gasteiger partial charge in [0.05, 0.1) is 41.5 Å². The maximum atomic E-state index is 14.6. The van der Waals surface area contributed by atoms with E-state index in [0.29, 0.717) is 37.4 Å². The van der Waals surface area contributed by atoms with Gasteiger partial charge < -0.3 is 15.0 Å². The van der Waals surface area contributed by atoms with Gasteiger partial charge in [0.2, 0.25) is 0 Å². The minimum atomic E-state index is -4.83. The Morgan fingerprint density at radius 2 is 1.94 bits per heavy atom. The number of piperidine rings is 1. The smallest absolute Gasteiger partial charge is 0.371 e. The third-order valence-electron chi connectivity index (χ3n) is 6.40. The largest absolute Gasteiger partial charge is 0.419 e. The normalized spacial score (nSPS) is 26.1. The Kier molecular flexibility index (Phi) is 5.23. The van der Waals surface area contributed by atoms with E-state index in [1.165, 1.54) is 13.0 Å². The van der Waals surface area contributed by atoms with Gasteiger partial charge in [0, 0.05) is 25.1 Å². The molecule has 6 rings (SSSR count). The number of alkyl halides is 3. The standard InChI is InChI=1S/C23H25F4N5O2/c1-12(15-5-4-6-17(19(15)24)23(25,26)27)28-21(33)16-8-18(31-9-13-7-14(10-31)34-13)30-32-11-22(2,3)29-20(16)32/h4-6,8,12-14H,7,9-11H2,1-3H3,(H,28,33)/t12-,13?,14?/m1/s1. The highest BCUT2D eigenvalue weighted by molar-refractivity contribution is 6.25. The number of amidine groups is 2. The second-order valence-electron chi connectivity index (χ2n) is 9.74. The molecule has 3 saturated heterocycles. The molecule has 1 N–H and O–H groups in total. The van der Waals surface area contributed by atoms with Crippen LogP contribution in [-0.4, -0.2) is 64.9 Å². The van der Waals surface area contributed by atoms with Crippen LogP contribution in [0.1, 0.15) is 44.4 Å². The van der Waals surface area contributed by atoms with E-state index < -0.39 is 35.0 Å². The van der Waals surface area contributed by atoms with Crippen LogP contribution < -0.4 is 5.32 Å². The fourth-order valence-corrected chi connectivity index (χ4v) is 4.77. The number of fused-ring (bicyclic) bond motifs is 3. The molecule has 1 amide bonds. The Labute approximate surface area is 194 Å². The average molecular weight is 479 g/mol. The van der Waals surface area contributed by atoms with Gasteiger partial charge in [-0.25, -0.2) is 9.40 Å². The van der Waals surface area contributed by atoms with Crippen LogP contribution in [0.3, 0.4) is 0 Å². The Morgan fingerprint density at radius 3 is 2.59 bits per heavy atom. The maximum absolute atomic E-state index is 14.6. The van der Waals surface area contributed by atoms with Gasteiger partial charge in [0.15, 0.2) is 5.84 Å². The lowest BCUT2D eigenvalue weighted by molar-refractivity contribution is -0.167. The summed E-state index contributed by atoms with van der Waals surface area (Å²) < 4.78 is 59.7. The molecule has 0 saturated carbocycles. The second kappa shape index (κ2) is 7.79. The monoisotopic (exact) mass is 479 g/mol. The molecule has 2 unspecified atom stereocenters. The van der Waals surface area contributed by atoms with E-state index >= 15 is 0 Å². The fourth-order valence-electron chi connectivity index (χ4n) is 4.77. The summed E-state index contributed by atoms with van der Waals surface area (Å²) in [7, 11) is 0. The SMILES string of the molecule is C[C@@H](NC(=O)C1=CC(N2CC3CC(C2)O3)=NN2CC(C)(C)N=C12)c1cccc(C(F)(F)F)c1F. The van der Waals surface area contributed by atoms with Crippen molar-refractivity contribution in [2.45, 2.75) is 57.2 Å². The van der Waals surface area contributed by atoms with Crippen molar-refractivity contribution in [1.82, 2.24) is 15.2 Å². The van der Waals surface area contributed by atoms with Gasteiger partial charge in [0.25, 0.3) is 5.91 Å². The zero-order valence-corrected chi connectivity index (χ0v) is 19.0. The highest BCUT2D eigenvalue weighted by Crippen LogP contribution is 2.35. The number of morpholine rings is 1. The van der Waals surface area contributed by atoms with Crippen molar-refractivity contribution < 1.29 is 27.1 Å². The molecular formula is C23H25F4N5O2. The van der Waals surface area contributed by atoms with E-state index in [1.807, 2.05) is 13.8 Å². The number of ether oxygens (including phenoxy) is 1. The predicted molar refractivity (Wildman–Crippen MR) is 117 cm³/mol. The van der Waals surface area contributed by atoms with Gasteiger partial charge in [0.1, 0.15) is 11.7 Å².